The fraction of sp³-hybridized carbons (Fsp3) is 0.500. The first kappa shape index (κ1) is 23.5. The van der Waals surface area contributed by atoms with E-state index in [1.165, 1.54) is 5.69 Å². The third-order valence-corrected chi connectivity index (χ3v) is 5.16. The Hall–Kier alpha value is -1.74. The Labute approximate surface area is 191 Å². The number of furan rings is 1. The molecule has 0 bridgehead atoms. The summed E-state index contributed by atoms with van der Waals surface area (Å²) in [6.45, 7) is 11.1. The second-order valence-corrected chi connectivity index (χ2v) is 7.18. The van der Waals surface area contributed by atoms with Crippen LogP contribution in [-0.2, 0) is 6.42 Å². The number of para-hydroxylation sites is 1. The molecule has 0 saturated carbocycles. The van der Waals surface area contributed by atoms with Crippen molar-refractivity contribution in [3.63, 3.8) is 0 Å². The summed E-state index contributed by atoms with van der Waals surface area (Å²) in [5, 5.41) is 6.73. The lowest BCUT2D eigenvalue weighted by Gasteiger charge is -2.38. The van der Waals surface area contributed by atoms with Gasteiger partial charge >= 0.3 is 0 Å². The van der Waals surface area contributed by atoms with Gasteiger partial charge in [-0.25, -0.2) is 0 Å². The molecular formula is C22H34IN5O. The molecule has 0 amide bonds. The number of aliphatic imine (C=N–C) groups is 1. The number of rotatable bonds is 8. The zero-order valence-electron chi connectivity index (χ0n) is 17.5. The summed E-state index contributed by atoms with van der Waals surface area (Å²) in [6, 6.07) is 15.0. The van der Waals surface area contributed by atoms with E-state index >= 15 is 0 Å². The van der Waals surface area contributed by atoms with Crippen LogP contribution in [0.15, 0.2) is 58.1 Å². The molecule has 1 saturated heterocycles. The maximum atomic E-state index is 5.38. The molecule has 7 heteroatoms. The number of guanidine groups is 1. The predicted molar refractivity (Wildman–Crippen MR) is 131 cm³/mol. The summed E-state index contributed by atoms with van der Waals surface area (Å²) in [7, 11) is 0. The molecule has 1 aromatic heterocycles. The third-order valence-electron chi connectivity index (χ3n) is 5.16. The maximum absolute atomic E-state index is 5.38. The summed E-state index contributed by atoms with van der Waals surface area (Å²) in [6.07, 6.45) is 2.57. The summed E-state index contributed by atoms with van der Waals surface area (Å²) in [5.41, 5.74) is 1.32. The van der Waals surface area contributed by atoms with Crippen LogP contribution in [0.25, 0.3) is 0 Å². The predicted octanol–water partition coefficient (Wildman–Crippen LogP) is 3.21. The van der Waals surface area contributed by atoms with Gasteiger partial charge in [0, 0.05) is 57.4 Å². The summed E-state index contributed by atoms with van der Waals surface area (Å²) in [5.74, 6) is 1.87. The molecular weight excluding hydrogens is 477 g/mol. The van der Waals surface area contributed by atoms with Crippen LogP contribution in [0.4, 0.5) is 5.69 Å². The Balaban J connectivity index is 0.00000300. The second-order valence-electron chi connectivity index (χ2n) is 7.18. The summed E-state index contributed by atoms with van der Waals surface area (Å²) < 4.78 is 5.38. The normalized spacial score (nSPS) is 16.2. The minimum absolute atomic E-state index is 0. The van der Waals surface area contributed by atoms with Crippen LogP contribution in [0, 0.1) is 0 Å². The van der Waals surface area contributed by atoms with Crippen molar-refractivity contribution in [2.24, 2.45) is 4.99 Å². The quantitative estimate of drug-likeness (QED) is 0.324. The van der Waals surface area contributed by atoms with Crippen molar-refractivity contribution < 1.29 is 4.42 Å². The van der Waals surface area contributed by atoms with Crippen molar-refractivity contribution in [1.82, 2.24) is 15.5 Å². The van der Waals surface area contributed by atoms with Crippen molar-refractivity contribution in [3.05, 3.63) is 54.5 Å². The highest BCUT2D eigenvalue weighted by Gasteiger charge is 2.21. The zero-order valence-corrected chi connectivity index (χ0v) is 19.8. The smallest absolute Gasteiger partial charge is 0.191 e. The molecule has 2 N–H and O–H groups in total. The first-order valence-electron chi connectivity index (χ1n) is 10.3. The Morgan fingerprint density at radius 1 is 1.07 bits per heavy atom. The van der Waals surface area contributed by atoms with E-state index in [1.807, 2.05) is 12.1 Å². The minimum Gasteiger partial charge on any atom is -0.469 e. The van der Waals surface area contributed by atoms with E-state index in [9.17, 15) is 0 Å². The van der Waals surface area contributed by atoms with Gasteiger partial charge in [0.2, 0.25) is 0 Å². The Kier molecular flexibility index (Phi) is 10.3. The summed E-state index contributed by atoms with van der Waals surface area (Å²) >= 11 is 0. The minimum atomic E-state index is 0. The maximum Gasteiger partial charge on any atom is 0.191 e. The fourth-order valence-electron chi connectivity index (χ4n) is 3.50. The molecule has 2 aromatic rings. The molecule has 1 atom stereocenters. The van der Waals surface area contributed by atoms with Crippen molar-refractivity contribution in [2.45, 2.75) is 26.3 Å². The molecule has 0 radical (unpaired) electrons. The topological polar surface area (TPSA) is 56.0 Å². The molecule has 1 aliphatic heterocycles. The van der Waals surface area contributed by atoms with Gasteiger partial charge in [-0.15, -0.1) is 24.0 Å². The third kappa shape index (κ3) is 7.54. The molecule has 6 nitrogen and oxygen atoms in total. The average molecular weight is 511 g/mol. The molecule has 0 aliphatic carbocycles. The largest absolute Gasteiger partial charge is 0.469 e. The van der Waals surface area contributed by atoms with Crippen LogP contribution in [0.1, 0.15) is 19.6 Å². The van der Waals surface area contributed by atoms with Gasteiger partial charge in [0.05, 0.1) is 12.8 Å². The van der Waals surface area contributed by atoms with Crippen molar-refractivity contribution in [3.8, 4) is 0 Å². The Morgan fingerprint density at radius 3 is 2.48 bits per heavy atom. The number of hydrogen-bond acceptors (Lipinski definition) is 4. The van der Waals surface area contributed by atoms with E-state index < -0.39 is 0 Å². The molecule has 3 rings (SSSR count). The van der Waals surface area contributed by atoms with Crippen LogP contribution >= 0.6 is 24.0 Å². The number of anilines is 1. The van der Waals surface area contributed by atoms with E-state index in [1.54, 1.807) is 6.26 Å². The van der Waals surface area contributed by atoms with Crippen molar-refractivity contribution in [2.75, 3.05) is 50.7 Å². The lowest BCUT2D eigenvalue weighted by Crippen LogP contribution is -2.50. The number of hydrogen-bond donors (Lipinski definition) is 2. The molecule has 1 unspecified atom stereocenters. The fourth-order valence-corrected chi connectivity index (χ4v) is 3.50. The first-order valence-corrected chi connectivity index (χ1v) is 10.3. The van der Waals surface area contributed by atoms with Gasteiger partial charge in [-0.2, -0.15) is 0 Å². The van der Waals surface area contributed by atoms with Gasteiger partial charge in [-0.05, 0) is 38.1 Å². The molecule has 2 heterocycles. The molecule has 1 aromatic carbocycles. The monoisotopic (exact) mass is 511 g/mol. The van der Waals surface area contributed by atoms with E-state index in [2.05, 4.69) is 64.6 Å². The van der Waals surface area contributed by atoms with Gasteiger partial charge in [0.15, 0.2) is 5.96 Å². The number of nitrogens with zero attached hydrogens (tertiary/aromatic N) is 3. The molecule has 1 fully saturated rings. The number of halogens is 1. The SMILES string of the molecule is CCNC(=NCC(C)N1CCN(c2ccccc2)CC1)NCCc1ccco1.I. The molecule has 29 heavy (non-hydrogen) atoms. The van der Waals surface area contributed by atoms with Gasteiger partial charge in [0.1, 0.15) is 5.76 Å². The van der Waals surface area contributed by atoms with Crippen molar-refractivity contribution >= 4 is 35.6 Å². The molecule has 0 spiro atoms. The molecule has 160 valence electrons. The highest BCUT2D eigenvalue weighted by Crippen LogP contribution is 2.16. The Morgan fingerprint density at radius 2 is 1.83 bits per heavy atom. The van der Waals surface area contributed by atoms with Gasteiger partial charge in [-0.3, -0.25) is 9.89 Å². The van der Waals surface area contributed by atoms with E-state index in [-0.39, 0.29) is 24.0 Å². The first-order chi connectivity index (χ1) is 13.8. The van der Waals surface area contributed by atoms with E-state index in [4.69, 9.17) is 9.41 Å². The van der Waals surface area contributed by atoms with E-state index in [0.29, 0.717) is 6.04 Å². The van der Waals surface area contributed by atoms with Crippen LogP contribution in [-0.4, -0.2) is 62.7 Å². The highest BCUT2D eigenvalue weighted by molar-refractivity contribution is 14.0. The van der Waals surface area contributed by atoms with Crippen LogP contribution in [0.3, 0.4) is 0 Å². The summed E-state index contributed by atoms with van der Waals surface area (Å²) in [4.78, 5) is 9.80. The lowest BCUT2D eigenvalue weighted by atomic mass is 10.2. The standard InChI is InChI=1S/C22H33N5O.HI/c1-3-23-22(24-12-11-21-10-7-17-28-21)25-18-19(2)26-13-15-27(16-14-26)20-8-5-4-6-9-20;/h4-10,17,19H,3,11-16,18H2,1-2H3,(H2,23,24,25);1H. The average Bonchev–Trinajstić information content (AvgIpc) is 3.26. The number of nitrogens with one attached hydrogen (secondary N) is 2. The Bertz CT molecular complexity index is 699. The van der Waals surface area contributed by atoms with Crippen molar-refractivity contribution in [1.29, 1.82) is 0 Å². The highest BCUT2D eigenvalue weighted by atomic mass is 127. The van der Waals surface area contributed by atoms with Gasteiger partial charge in [0.25, 0.3) is 0 Å². The van der Waals surface area contributed by atoms with Crippen LogP contribution in [0.5, 0.6) is 0 Å². The van der Waals surface area contributed by atoms with Crippen LogP contribution < -0.4 is 15.5 Å². The lowest BCUT2D eigenvalue weighted by molar-refractivity contribution is 0.201. The van der Waals surface area contributed by atoms with E-state index in [0.717, 1.165) is 64.0 Å². The van der Waals surface area contributed by atoms with Crippen LogP contribution in [0.2, 0.25) is 0 Å². The number of benzene rings is 1. The van der Waals surface area contributed by atoms with Gasteiger partial charge in [-0.1, -0.05) is 18.2 Å². The zero-order chi connectivity index (χ0) is 19.6. The second kappa shape index (κ2) is 12.7. The number of piperazine rings is 1. The molecule has 1 aliphatic rings. The van der Waals surface area contributed by atoms with Gasteiger partial charge < -0.3 is 20.0 Å².